The predicted octanol–water partition coefficient (Wildman–Crippen LogP) is 3.02. The summed E-state index contributed by atoms with van der Waals surface area (Å²) in [5, 5.41) is 4.75. The molecule has 1 atom stereocenters. The molecular formula is C22H27N3O3S. The molecule has 0 aliphatic rings. The number of nitrogens with one attached hydrogen (secondary N) is 1. The summed E-state index contributed by atoms with van der Waals surface area (Å²) in [6.45, 7) is 6.11. The van der Waals surface area contributed by atoms with E-state index in [2.05, 4.69) is 17.4 Å². The van der Waals surface area contributed by atoms with Crippen LogP contribution in [-0.2, 0) is 24.3 Å². The number of amides is 1. The minimum Gasteiger partial charge on any atom is -0.352 e. The van der Waals surface area contributed by atoms with Crippen LogP contribution in [-0.4, -0.2) is 21.1 Å². The molecule has 0 saturated carbocycles. The highest BCUT2D eigenvalue weighted by Gasteiger charge is 2.17. The third-order valence-electron chi connectivity index (χ3n) is 4.80. The molecule has 0 fully saturated rings. The van der Waals surface area contributed by atoms with Gasteiger partial charge in [-0.15, -0.1) is 11.3 Å². The van der Waals surface area contributed by atoms with Crippen molar-refractivity contribution >= 4 is 27.5 Å². The zero-order chi connectivity index (χ0) is 21.0. The van der Waals surface area contributed by atoms with E-state index in [9.17, 15) is 14.4 Å². The maximum Gasteiger partial charge on any atom is 0.332 e. The highest BCUT2D eigenvalue weighted by Crippen LogP contribution is 2.15. The number of fused-ring (bicyclic) bond motifs is 1. The lowest BCUT2D eigenvalue weighted by atomic mass is 10.1. The van der Waals surface area contributed by atoms with E-state index in [1.165, 1.54) is 26.0 Å². The number of hydrogen-bond acceptors (Lipinski definition) is 4. The van der Waals surface area contributed by atoms with Gasteiger partial charge in [0, 0.05) is 12.6 Å². The number of thiophene rings is 1. The standard InChI is InChI=1S/C22H27N3O3S/c1-15(2)13-25-21(27)20-18(11-12-29-20)24(22(25)28)14-19(26)23-16(3)9-10-17-7-5-4-6-8-17/h4-8,11-12,15-16H,9-10,13-14H2,1-3H3,(H,23,26)/t16-/m1/s1. The van der Waals surface area contributed by atoms with Crippen molar-refractivity contribution in [3.63, 3.8) is 0 Å². The van der Waals surface area contributed by atoms with Gasteiger partial charge >= 0.3 is 5.69 Å². The molecule has 0 aliphatic carbocycles. The third kappa shape index (κ3) is 5.03. The van der Waals surface area contributed by atoms with Gasteiger partial charge in [0.2, 0.25) is 5.91 Å². The average Bonchev–Trinajstić information content (AvgIpc) is 3.17. The fourth-order valence-corrected chi connectivity index (χ4v) is 4.22. The normalized spacial score (nSPS) is 12.4. The molecular weight excluding hydrogens is 386 g/mol. The quantitative estimate of drug-likeness (QED) is 0.617. The SMILES string of the molecule is CC(C)Cn1c(=O)c2sccc2n(CC(=O)N[C@H](C)CCc2ccccc2)c1=O. The van der Waals surface area contributed by atoms with Crippen LogP contribution in [0.5, 0.6) is 0 Å². The molecule has 0 unspecified atom stereocenters. The van der Waals surface area contributed by atoms with E-state index >= 15 is 0 Å². The molecule has 2 aromatic heterocycles. The van der Waals surface area contributed by atoms with Crippen molar-refractivity contribution in [2.24, 2.45) is 5.92 Å². The zero-order valence-corrected chi connectivity index (χ0v) is 17.9. The molecule has 3 aromatic rings. The first-order valence-corrected chi connectivity index (χ1v) is 10.8. The highest BCUT2D eigenvalue weighted by atomic mass is 32.1. The number of rotatable bonds is 8. The zero-order valence-electron chi connectivity index (χ0n) is 17.1. The van der Waals surface area contributed by atoms with Crippen molar-refractivity contribution < 1.29 is 4.79 Å². The first-order chi connectivity index (χ1) is 13.9. The number of carbonyl (C=O) groups excluding carboxylic acids is 1. The molecule has 7 heteroatoms. The van der Waals surface area contributed by atoms with Crippen LogP contribution in [0.3, 0.4) is 0 Å². The number of aryl methyl sites for hydroxylation is 1. The van der Waals surface area contributed by atoms with Crippen LogP contribution < -0.4 is 16.6 Å². The fraction of sp³-hybridized carbons (Fsp3) is 0.409. The molecule has 29 heavy (non-hydrogen) atoms. The van der Waals surface area contributed by atoms with Crippen LogP contribution in [0.4, 0.5) is 0 Å². The Labute approximate surface area is 173 Å². The Hall–Kier alpha value is -2.67. The molecule has 0 aliphatic heterocycles. The third-order valence-corrected chi connectivity index (χ3v) is 5.69. The van der Waals surface area contributed by atoms with Crippen LogP contribution in [0.15, 0.2) is 51.4 Å². The smallest absolute Gasteiger partial charge is 0.332 e. The van der Waals surface area contributed by atoms with Gasteiger partial charge < -0.3 is 5.32 Å². The van der Waals surface area contributed by atoms with Crippen molar-refractivity contribution in [3.05, 3.63) is 68.2 Å². The lowest BCUT2D eigenvalue weighted by Gasteiger charge is -2.16. The number of aromatic nitrogens is 2. The molecule has 1 aromatic carbocycles. The maximum absolute atomic E-state index is 12.9. The molecule has 154 valence electrons. The largest absolute Gasteiger partial charge is 0.352 e. The fourth-order valence-electron chi connectivity index (χ4n) is 3.38. The van der Waals surface area contributed by atoms with Gasteiger partial charge in [0.25, 0.3) is 5.56 Å². The summed E-state index contributed by atoms with van der Waals surface area (Å²) in [6.07, 6.45) is 1.68. The number of nitrogens with zero attached hydrogens (tertiary/aromatic N) is 2. The molecule has 0 spiro atoms. The Bertz CT molecular complexity index is 1100. The molecule has 6 nitrogen and oxygen atoms in total. The lowest BCUT2D eigenvalue weighted by molar-refractivity contribution is -0.122. The monoisotopic (exact) mass is 413 g/mol. The van der Waals surface area contributed by atoms with Crippen molar-refractivity contribution in [3.8, 4) is 0 Å². The van der Waals surface area contributed by atoms with Crippen molar-refractivity contribution in [1.29, 1.82) is 0 Å². The second-order valence-corrected chi connectivity index (χ2v) is 8.72. The molecule has 0 bridgehead atoms. The Morgan fingerprint density at radius 1 is 1.07 bits per heavy atom. The Morgan fingerprint density at radius 2 is 1.79 bits per heavy atom. The van der Waals surface area contributed by atoms with Crippen molar-refractivity contribution in [2.45, 2.75) is 52.7 Å². The topological polar surface area (TPSA) is 73.1 Å². The Morgan fingerprint density at radius 3 is 2.48 bits per heavy atom. The van der Waals surface area contributed by atoms with Gasteiger partial charge in [0.15, 0.2) is 0 Å². The van der Waals surface area contributed by atoms with Gasteiger partial charge in [-0.3, -0.25) is 18.7 Å². The Kier molecular flexibility index (Phi) is 6.69. The minimum atomic E-state index is -0.429. The van der Waals surface area contributed by atoms with E-state index in [0.717, 1.165) is 12.8 Å². The number of hydrogen-bond donors (Lipinski definition) is 1. The number of carbonyl (C=O) groups is 1. The van der Waals surface area contributed by atoms with E-state index in [-0.39, 0.29) is 30.0 Å². The van der Waals surface area contributed by atoms with Crippen LogP contribution >= 0.6 is 11.3 Å². The van der Waals surface area contributed by atoms with Crippen LogP contribution in [0.25, 0.3) is 10.2 Å². The lowest BCUT2D eigenvalue weighted by Crippen LogP contribution is -2.44. The summed E-state index contributed by atoms with van der Waals surface area (Å²) in [5.41, 5.74) is 1.05. The second kappa shape index (κ2) is 9.22. The summed E-state index contributed by atoms with van der Waals surface area (Å²) in [5.74, 6) is -0.0759. The molecule has 0 saturated heterocycles. The molecule has 2 heterocycles. The first-order valence-electron chi connectivity index (χ1n) is 9.91. The second-order valence-electron chi connectivity index (χ2n) is 7.81. The van der Waals surface area contributed by atoms with Crippen LogP contribution in [0, 0.1) is 5.92 Å². The number of benzene rings is 1. The van der Waals surface area contributed by atoms with Crippen molar-refractivity contribution in [2.75, 3.05) is 0 Å². The van der Waals surface area contributed by atoms with Gasteiger partial charge in [-0.05, 0) is 42.7 Å². The van der Waals surface area contributed by atoms with Crippen LogP contribution in [0.2, 0.25) is 0 Å². The summed E-state index contributed by atoms with van der Waals surface area (Å²) in [4.78, 5) is 38.2. The van der Waals surface area contributed by atoms with E-state index in [0.29, 0.717) is 16.8 Å². The first kappa shape index (κ1) is 21.0. The van der Waals surface area contributed by atoms with Gasteiger partial charge in [0.05, 0.1) is 5.52 Å². The summed E-state index contributed by atoms with van der Waals surface area (Å²) in [6, 6.07) is 11.8. The van der Waals surface area contributed by atoms with Crippen LogP contribution in [0.1, 0.15) is 32.8 Å². The summed E-state index contributed by atoms with van der Waals surface area (Å²) >= 11 is 1.30. The van der Waals surface area contributed by atoms with E-state index in [4.69, 9.17) is 0 Å². The van der Waals surface area contributed by atoms with Gasteiger partial charge in [-0.1, -0.05) is 44.2 Å². The van der Waals surface area contributed by atoms with Gasteiger partial charge in [0.1, 0.15) is 11.2 Å². The predicted molar refractivity (Wildman–Crippen MR) is 118 cm³/mol. The highest BCUT2D eigenvalue weighted by molar-refractivity contribution is 7.17. The summed E-state index contributed by atoms with van der Waals surface area (Å²) < 4.78 is 3.17. The minimum absolute atomic E-state index is 0.0158. The van der Waals surface area contributed by atoms with E-state index in [1.54, 1.807) is 11.4 Å². The molecule has 0 radical (unpaired) electrons. The molecule has 1 amide bonds. The summed E-state index contributed by atoms with van der Waals surface area (Å²) in [7, 11) is 0. The Balaban J connectivity index is 1.75. The van der Waals surface area contributed by atoms with E-state index in [1.807, 2.05) is 39.0 Å². The average molecular weight is 414 g/mol. The van der Waals surface area contributed by atoms with E-state index < -0.39 is 5.69 Å². The van der Waals surface area contributed by atoms with Gasteiger partial charge in [-0.2, -0.15) is 0 Å². The molecule has 1 N–H and O–H groups in total. The van der Waals surface area contributed by atoms with Crippen molar-refractivity contribution in [1.82, 2.24) is 14.5 Å². The molecule has 3 rings (SSSR count). The van der Waals surface area contributed by atoms with Gasteiger partial charge in [-0.25, -0.2) is 4.79 Å². The maximum atomic E-state index is 12.9.